The molecule has 2 rings (SSSR count). The Kier molecular flexibility index (Phi) is 4.58. The first-order valence-electron chi connectivity index (χ1n) is 6.33. The molecule has 1 atom stereocenters. The second-order valence-corrected chi connectivity index (χ2v) is 4.50. The summed E-state index contributed by atoms with van der Waals surface area (Å²) in [5.74, 6) is 0.461. The molecule has 0 amide bonds. The number of hydrogen-bond acceptors (Lipinski definition) is 3. The van der Waals surface area contributed by atoms with Crippen LogP contribution in [0.25, 0.3) is 0 Å². The molecule has 1 unspecified atom stereocenters. The lowest BCUT2D eigenvalue weighted by Gasteiger charge is -2.10. The Labute approximate surface area is 117 Å². The van der Waals surface area contributed by atoms with Crippen LogP contribution in [0.3, 0.4) is 0 Å². The number of aliphatic hydroxyl groups excluding tert-OH is 1. The predicted molar refractivity (Wildman–Crippen MR) is 74.4 cm³/mol. The Balaban J connectivity index is 2.03. The third-order valence-corrected chi connectivity index (χ3v) is 2.99. The number of methoxy groups -OCH3 is 1. The Morgan fingerprint density at radius 1 is 1.15 bits per heavy atom. The Morgan fingerprint density at radius 3 is 2.40 bits per heavy atom. The third-order valence-electron chi connectivity index (χ3n) is 2.99. The lowest BCUT2D eigenvalue weighted by Crippen LogP contribution is -1.99. The SMILES string of the molecule is COc1ccc(COc2ccc(C(C)O)cc2F)cc1. The highest BCUT2D eigenvalue weighted by Gasteiger charge is 2.08. The molecule has 0 fully saturated rings. The molecule has 0 aliphatic carbocycles. The van der Waals surface area contributed by atoms with Gasteiger partial charge < -0.3 is 14.6 Å². The van der Waals surface area contributed by atoms with Crippen molar-refractivity contribution in [1.29, 1.82) is 0 Å². The largest absolute Gasteiger partial charge is 0.497 e. The highest BCUT2D eigenvalue weighted by atomic mass is 19.1. The molecule has 106 valence electrons. The molecule has 0 heterocycles. The van der Waals surface area contributed by atoms with Crippen molar-refractivity contribution in [1.82, 2.24) is 0 Å². The van der Waals surface area contributed by atoms with Gasteiger partial charge in [-0.2, -0.15) is 0 Å². The summed E-state index contributed by atoms with van der Waals surface area (Å²) in [6, 6.07) is 11.8. The molecular formula is C16H17FO3. The Bertz CT molecular complexity index is 564. The van der Waals surface area contributed by atoms with Gasteiger partial charge in [0, 0.05) is 0 Å². The van der Waals surface area contributed by atoms with Crippen molar-refractivity contribution >= 4 is 0 Å². The highest BCUT2D eigenvalue weighted by molar-refractivity contribution is 5.31. The minimum atomic E-state index is -0.694. The van der Waals surface area contributed by atoms with Gasteiger partial charge >= 0.3 is 0 Å². The van der Waals surface area contributed by atoms with Crippen LogP contribution in [0.1, 0.15) is 24.2 Å². The van der Waals surface area contributed by atoms with E-state index in [2.05, 4.69) is 0 Å². The first kappa shape index (κ1) is 14.3. The van der Waals surface area contributed by atoms with Crippen LogP contribution in [0.5, 0.6) is 11.5 Å². The maximum Gasteiger partial charge on any atom is 0.165 e. The molecule has 0 bridgehead atoms. The molecule has 20 heavy (non-hydrogen) atoms. The van der Waals surface area contributed by atoms with Crippen LogP contribution in [0.2, 0.25) is 0 Å². The van der Waals surface area contributed by atoms with Crippen molar-refractivity contribution in [2.24, 2.45) is 0 Å². The molecule has 0 aliphatic rings. The predicted octanol–water partition coefficient (Wildman–Crippen LogP) is 3.47. The van der Waals surface area contributed by atoms with Crippen molar-refractivity contribution in [2.75, 3.05) is 7.11 Å². The van der Waals surface area contributed by atoms with E-state index in [0.29, 0.717) is 5.56 Å². The fourth-order valence-electron chi connectivity index (χ4n) is 1.78. The summed E-state index contributed by atoms with van der Waals surface area (Å²) in [6.07, 6.45) is -0.694. The summed E-state index contributed by atoms with van der Waals surface area (Å²) in [7, 11) is 1.60. The highest BCUT2D eigenvalue weighted by Crippen LogP contribution is 2.23. The number of ether oxygens (including phenoxy) is 2. The van der Waals surface area contributed by atoms with Gasteiger partial charge in [-0.05, 0) is 42.3 Å². The molecule has 2 aromatic carbocycles. The minimum Gasteiger partial charge on any atom is -0.497 e. The van der Waals surface area contributed by atoms with Gasteiger partial charge in [-0.25, -0.2) is 4.39 Å². The zero-order valence-corrected chi connectivity index (χ0v) is 11.5. The zero-order chi connectivity index (χ0) is 14.5. The van der Waals surface area contributed by atoms with E-state index in [4.69, 9.17) is 9.47 Å². The molecule has 4 heteroatoms. The Morgan fingerprint density at radius 2 is 1.85 bits per heavy atom. The third kappa shape index (κ3) is 3.48. The number of benzene rings is 2. The van der Waals surface area contributed by atoms with Gasteiger partial charge in [0.05, 0.1) is 13.2 Å². The summed E-state index contributed by atoms with van der Waals surface area (Å²) in [4.78, 5) is 0. The van der Waals surface area contributed by atoms with Crippen molar-refractivity contribution in [3.05, 3.63) is 59.4 Å². The van der Waals surface area contributed by atoms with E-state index >= 15 is 0 Å². The second-order valence-electron chi connectivity index (χ2n) is 4.50. The molecule has 1 N–H and O–H groups in total. The summed E-state index contributed by atoms with van der Waals surface area (Å²) >= 11 is 0. The monoisotopic (exact) mass is 276 g/mol. The Hall–Kier alpha value is -2.07. The van der Waals surface area contributed by atoms with E-state index in [-0.39, 0.29) is 12.4 Å². The van der Waals surface area contributed by atoms with E-state index in [9.17, 15) is 9.50 Å². The van der Waals surface area contributed by atoms with E-state index in [0.717, 1.165) is 11.3 Å². The van der Waals surface area contributed by atoms with Gasteiger partial charge in [-0.1, -0.05) is 18.2 Å². The van der Waals surface area contributed by atoms with Crippen molar-refractivity contribution < 1.29 is 19.0 Å². The summed E-state index contributed by atoms with van der Waals surface area (Å²) in [5, 5.41) is 9.38. The van der Waals surface area contributed by atoms with Gasteiger partial charge in [0.25, 0.3) is 0 Å². The lowest BCUT2D eigenvalue weighted by atomic mass is 10.1. The van der Waals surface area contributed by atoms with Crippen molar-refractivity contribution in [2.45, 2.75) is 19.6 Å². The normalized spacial score (nSPS) is 12.0. The summed E-state index contributed by atoms with van der Waals surface area (Å²) in [5.41, 5.74) is 1.45. The molecule has 0 saturated carbocycles. The van der Waals surface area contributed by atoms with Crippen LogP contribution < -0.4 is 9.47 Å². The first-order chi connectivity index (χ1) is 9.60. The molecule has 0 spiro atoms. The van der Waals surface area contributed by atoms with E-state index in [1.54, 1.807) is 20.1 Å². The zero-order valence-electron chi connectivity index (χ0n) is 11.5. The number of aliphatic hydroxyl groups is 1. The molecule has 0 saturated heterocycles. The summed E-state index contributed by atoms with van der Waals surface area (Å²) < 4.78 is 24.3. The quantitative estimate of drug-likeness (QED) is 0.908. The molecule has 0 aromatic heterocycles. The molecular weight excluding hydrogens is 259 g/mol. The smallest absolute Gasteiger partial charge is 0.165 e. The molecule has 2 aromatic rings. The number of hydrogen-bond donors (Lipinski definition) is 1. The van der Waals surface area contributed by atoms with Crippen LogP contribution >= 0.6 is 0 Å². The molecule has 0 radical (unpaired) electrons. The van der Waals surface area contributed by atoms with Crippen molar-refractivity contribution in [3.8, 4) is 11.5 Å². The van der Waals surface area contributed by atoms with E-state index in [1.807, 2.05) is 24.3 Å². The minimum absolute atomic E-state index is 0.171. The van der Waals surface area contributed by atoms with Crippen molar-refractivity contribution in [3.63, 3.8) is 0 Å². The fraction of sp³-hybridized carbons (Fsp3) is 0.250. The standard InChI is InChI=1S/C16H17FO3/c1-11(18)13-5-8-16(15(17)9-13)20-10-12-3-6-14(19-2)7-4-12/h3-9,11,18H,10H2,1-2H3. The lowest BCUT2D eigenvalue weighted by molar-refractivity contribution is 0.198. The molecule has 0 aliphatic heterocycles. The summed E-state index contributed by atoms with van der Waals surface area (Å²) in [6.45, 7) is 1.86. The van der Waals surface area contributed by atoms with Gasteiger partial charge in [0.2, 0.25) is 0 Å². The first-order valence-corrected chi connectivity index (χ1v) is 6.33. The molecule has 3 nitrogen and oxygen atoms in total. The topological polar surface area (TPSA) is 38.7 Å². The maximum atomic E-state index is 13.8. The van der Waals surface area contributed by atoms with Gasteiger partial charge in [-0.3, -0.25) is 0 Å². The van der Waals surface area contributed by atoms with Crippen LogP contribution in [-0.4, -0.2) is 12.2 Å². The number of halogens is 1. The van der Waals surface area contributed by atoms with Crippen LogP contribution in [0, 0.1) is 5.82 Å². The number of rotatable bonds is 5. The van der Waals surface area contributed by atoms with Crippen LogP contribution in [0.15, 0.2) is 42.5 Å². The van der Waals surface area contributed by atoms with Crippen LogP contribution in [-0.2, 0) is 6.61 Å². The maximum absolute atomic E-state index is 13.8. The van der Waals surface area contributed by atoms with Gasteiger partial charge in [0.15, 0.2) is 11.6 Å². The van der Waals surface area contributed by atoms with Gasteiger partial charge in [0.1, 0.15) is 12.4 Å². The van der Waals surface area contributed by atoms with E-state index in [1.165, 1.54) is 12.1 Å². The second kappa shape index (κ2) is 6.39. The van der Waals surface area contributed by atoms with Gasteiger partial charge in [-0.15, -0.1) is 0 Å². The average Bonchev–Trinajstić information content (AvgIpc) is 2.46. The fourth-order valence-corrected chi connectivity index (χ4v) is 1.78. The van der Waals surface area contributed by atoms with E-state index < -0.39 is 11.9 Å². The average molecular weight is 276 g/mol. The van der Waals surface area contributed by atoms with Crippen LogP contribution in [0.4, 0.5) is 4.39 Å².